The van der Waals surface area contributed by atoms with Crippen LogP contribution < -0.4 is 16.4 Å². The average Bonchev–Trinajstić information content (AvgIpc) is 2.20. The number of likely N-dealkylation sites (N-methyl/N-ethyl adjacent to an activating group) is 1. The van der Waals surface area contributed by atoms with E-state index in [1.54, 1.807) is 26.1 Å². The van der Waals surface area contributed by atoms with Gasteiger partial charge in [0.05, 0.1) is 0 Å². The molecule has 0 aliphatic rings. The number of nitrogens with one attached hydrogen (secondary N) is 2. The predicted molar refractivity (Wildman–Crippen MR) is 58.0 cm³/mol. The van der Waals surface area contributed by atoms with Gasteiger partial charge in [-0.3, -0.25) is 4.79 Å². The molecule has 0 radical (unpaired) electrons. The molecule has 0 aliphatic heterocycles. The molecule has 0 spiro atoms. The highest BCUT2D eigenvalue weighted by Crippen LogP contribution is 2.11. The van der Waals surface area contributed by atoms with Crippen LogP contribution in [0.15, 0.2) is 24.3 Å². The number of benzene rings is 1. The first-order chi connectivity index (χ1) is 6.63. The number of anilines is 2. The number of carbonyl (C=O) groups is 1. The minimum atomic E-state index is -0.247. The number of nitrogens with two attached hydrogens (primary N) is 1. The van der Waals surface area contributed by atoms with E-state index >= 15 is 0 Å². The van der Waals surface area contributed by atoms with Crippen LogP contribution in [0.25, 0.3) is 0 Å². The Morgan fingerprint density at radius 2 is 1.93 bits per heavy atom. The van der Waals surface area contributed by atoms with Crippen molar-refractivity contribution in [1.82, 2.24) is 5.32 Å². The Morgan fingerprint density at radius 1 is 1.36 bits per heavy atom. The highest BCUT2D eigenvalue weighted by atomic mass is 16.2. The van der Waals surface area contributed by atoms with Crippen molar-refractivity contribution in [3.8, 4) is 0 Å². The van der Waals surface area contributed by atoms with Gasteiger partial charge in [0.2, 0.25) is 5.91 Å². The lowest BCUT2D eigenvalue weighted by Crippen LogP contribution is -2.35. The maximum atomic E-state index is 11.2. The predicted octanol–water partition coefficient (Wildman–Crippen LogP) is 0.815. The molecule has 1 rings (SSSR count). The molecule has 0 aromatic heterocycles. The van der Waals surface area contributed by atoms with Gasteiger partial charge >= 0.3 is 0 Å². The Labute approximate surface area is 83.5 Å². The smallest absolute Gasteiger partial charge is 0.241 e. The van der Waals surface area contributed by atoms with E-state index in [4.69, 9.17) is 5.73 Å². The molecule has 4 N–H and O–H groups in total. The first-order valence-electron chi connectivity index (χ1n) is 4.47. The van der Waals surface area contributed by atoms with Gasteiger partial charge in [0, 0.05) is 18.4 Å². The summed E-state index contributed by atoms with van der Waals surface area (Å²) in [5, 5.41) is 5.62. The molecule has 0 heterocycles. The van der Waals surface area contributed by atoms with Crippen molar-refractivity contribution in [2.75, 3.05) is 18.1 Å². The first-order valence-corrected chi connectivity index (χ1v) is 4.47. The van der Waals surface area contributed by atoms with Crippen molar-refractivity contribution in [2.45, 2.75) is 13.0 Å². The molecule has 0 saturated carbocycles. The van der Waals surface area contributed by atoms with Gasteiger partial charge in [0.1, 0.15) is 6.04 Å². The van der Waals surface area contributed by atoms with Crippen molar-refractivity contribution in [2.24, 2.45) is 0 Å². The first kappa shape index (κ1) is 10.4. The lowest BCUT2D eigenvalue weighted by Gasteiger charge is -2.13. The molecule has 0 saturated heterocycles. The Morgan fingerprint density at radius 3 is 2.43 bits per heavy atom. The van der Waals surface area contributed by atoms with Crippen molar-refractivity contribution in [3.05, 3.63) is 24.3 Å². The third kappa shape index (κ3) is 2.65. The summed E-state index contributed by atoms with van der Waals surface area (Å²) in [6.45, 7) is 1.80. The fourth-order valence-electron chi connectivity index (χ4n) is 1.11. The second-order valence-electron chi connectivity index (χ2n) is 3.10. The zero-order chi connectivity index (χ0) is 10.6. The van der Waals surface area contributed by atoms with E-state index in [1.807, 2.05) is 12.1 Å². The summed E-state index contributed by atoms with van der Waals surface area (Å²) in [6.07, 6.45) is 0. The average molecular weight is 193 g/mol. The zero-order valence-corrected chi connectivity index (χ0v) is 8.37. The second kappa shape index (κ2) is 4.50. The van der Waals surface area contributed by atoms with E-state index in [9.17, 15) is 4.79 Å². The molecule has 1 unspecified atom stereocenters. The SMILES string of the molecule is CNC(=O)C(C)Nc1ccc(N)cc1. The van der Waals surface area contributed by atoms with Gasteiger partial charge in [-0.25, -0.2) is 0 Å². The molecule has 76 valence electrons. The molecule has 1 aromatic rings. The summed E-state index contributed by atoms with van der Waals surface area (Å²) in [4.78, 5) is 11.2. The van der Waals surface area contributed by atoms with Crippen LogP contribution in [0.5, 0.6) is 0 Å². The summed E-state index contributed by atoms with van der Waals surface area (Å²) < 4.78 is 0. The monoisotopic (exact) mass is 193 g/mol. The van der Waals surface area contributed by atoms with Gasteiger partial charge in [0.15, 0.2) is 0 Å². The topological polar surface area (TPSA) is 67.2 Å². The molecule has 4 heteroatoms. The minimum absolute atomic E-state index is 0.0400. The Hall–Kier alpha value is -1.71. The van der Waals surface area contributed by atoms with Gasteiger partial charge in [-0.1, -0.05) is 0 Å². The van der Waals surface area contributed by atoms with E-state index in [2.05, 4.69) is 10.6 Å². The third-order valence-electron chi connectivity index (χ3n) is 1.93. The van der Waals surface area contributed by atoms with E-state index in [0.29, 0.717) is 5.69 Å². The van der Waals surface area contributed by atoms with Crippen LogP contribution in [0.3, 0.4) is 0 Å². The number of hydrogen-bond donors (Lipinski definition) is 3. The van der Waals surface area contributed by atoms with Crippen LogP contribution in [-0.4, -0.2) is 19.0 Å². The quantitative estimate of drug-likeness (QED) is 0.622. The summed E-state index contributed by atoms with van der Waals surface area (Å²) in [6, 6.07) is 7.02. The van der Waals surface area contributed by atoms with Crippen molar-refractivity contribution >= 4 is 17.3 Å². The summed E-state index contributed by atoms with van der Waals surface area (Å²) >= 11 is 0. The normalized spacial score (nSPS) is 11.9. The van der Waals surface area contributed by atoms with Crippen LogP contribution in [-0.2, 0) is 4.79 Å². The molecule has 1 atom stereocenters. The van der Waals surface area contributed by atoms with Crippen molar-refractivity contribution in [1.29, 1.82) is 0 Å². The zero-order valence-electron chi connectivity index (χ0n) is 8.37. The molecule has 0 fully saturated rings. The number of rotatable bonds is 3. The van der Waals surface area contributed by atoms with Crippen molar-refractivity contribution in [3.63, 3.8) is 0 Å². The van der Waals surface area contributed by atoms with Crippen LogP contribution in [0.2, 0.25) is 0 Å². The van der Waals surface area contributed by atoms with Gasteiger partial charge in [-0.15, -0.1) is 0 Å². The van der Waals surface area contributed by atoms with E-state index in [0.717, 1.165) is 5.69 Å². The molecule has 1 amide bonds. The summed E-state index contributed by atoms with van der Waals surface area (Å²) in [7, 11) is 1.61. The molecule has 0 aliphatic carbocycles. The van der Waals surface area contributed by atoms with E-state index < -0.39 is 0 Å². The third-order valence-corrected chi connectivity index (χ3v) is 1.93. The fraction of sp³-hybridized carbons (Fsp3) is 0.300. The molecule has 0 bridgehead atoms. The Kier molecular flexibility index (Phi) is 3.34. The molecular weight excluding hydrogens is 178 g/mol. The van der Waals surface area contributed by atoms with Gasteiger partial charge in [-0.05, 0) is 31.2 Å². The summed E-state index contributed by atoms with van der Waals surface area (Å²) in [5.41, 5.74) is 7.13. The van der Waals surface area contributed by atoms with Crippen LogP contribution in [0.4, 0.5) is 11.4 Å². The lowest BCUT2D eigenvalue weighted by molar-refractivity contribution is -0.121. The number of nitrogen functional groups attached to an aromatic ring is 1. The Bertz CT molecular complexity index is 308. The van der Waals surface area contributed by atoms with Gasteiger partial charge in [0.25, 0.3) is 0 Å². The second-order valence-corrected chi connectivity index (χ2v) is 3.10. The van der Waals surface area contributed by atoms with Crippen LogP contribution in [0.1, 0.15) is 6.92 Å². The lowest BCUT2D eigenvalue weighted by atomic mass is 10.2. The number of hydrogen-bond acceptors (Lipinski definition) is 3. The maximum absolute atomic E-state index is 11.2. The van der Waals surface area contributed by atoms with Gasteiger partial charge < -0.3 is 16.4 Å². The molecule has 4 nitrogen and oxygen atoms in total. The standard InChI is InChI=1S/C10H15N3O/c1-7(10(14)12-2)13-9-5-3-8(11)4-6-9/h3-7,13H,11H2,1-2H3,(H,12,14). The van der Waals surface area contributed by atoms with E-state index in [1.165, 1.54) is 0 Å². The van der Waals surface area contributed by atoms with Crippen molar-refractivity contribution < 1.29 is 4.79 Å². The highest BCUT2D eigenvalue weighted by Gasteiger charge is 2.09. The maximum Gasteiger partial charge on any atom is 0.241 e. The van der Waals surface area contributed by atoms with E-state index in [-0.39, 0.29) is 11.9 Å². The number of carbonyl (C=O) groups excluding carboxylic acids is 1. The molecular formula is C10H15N3O. The summed E-state index contributed by atoms with van der Waals surface area (Å²) in [5.74, 6) is -0.0400. The number of amides is 1. The Balaban J connectivity index is 2.60. The van der Waals surface area contributed by atoms with Crippen LogP contribution >= 0.6 is 0 Å². The molecule has 1 aromatic carbocycles. The highest BCUT2D eigenvalue weighted by molar-refractivity contribution is 5.83. The van der Waals surface area contributed by atoms with Gasteiger partial charge in [-0.2, -0.15) is 0 Å². The molecule has 14 heavy (non-hydrogen) atoms. The van der Waals surface area contributed by atoms with Crippen LogP contribution in [0, 0.1) is 0 Å². The fourth-order valence-corrected chi connectivity index (χ4v) is 1.11. The largest absolute Gasteiger partial charge is 0.399 e. The minimum Gasteiger partial charge on any atom is -0.399 e.